The summed E-state index contributed by atoms with van der Waals surface area (Å²) >= 11 is 0. The molecular weight excluding hydrogens is 420 g/mol. The molecule has 7 heteroatoms. The molecule has 4 rings (SSSR count). The molecule has 2 amide bonds. The molecule has 1 unspecified atom stereocenters. The number of alkyl carbamates (subject to hydrolysis) is 1. The molecular formula is C26H30N2O5. The maximum atomic E-state index is 12.4. The number of carboxylic acid groups (broad SMARTS) is 1. The van der Waals surface area contributed by atoms with Crippen LogP contribution in [0.4, 0.5) is 4.79 Å². The number of nitrogens with one attached hydrogen (secondary N) is 2. The first-order valence-electron chi connectivity index (χ1n) is 11.5. The molecule has 3 N–H and O–H groups in total. The summed E-state index contributed by atoms with van der Waals surface area (Å²) in [6, 6.07) is 16.1. The number of aliphatic carboxylic acids is 1. The summed E-state index contributed by atoms with van der Waals surface area (Å²) < 4.78 is 5.54. The van der Waals surface area contributed by atoms with Crippen molar-refractivity contribution < 1.29 is 24.2 Å². The lowest BCUT2D eigenvalue weighted by Gasteiger charge is -2.37. The van der Waals surface area contributed by atoms with Crippen LogP contribution in [0.5, 0.6) is 0 Å². The molecule has 0 radical (unpaired) electrons. The Morgan fingerprint density at radius 1 is 1.06 bits per heavy atom. The molecule has 2 aliphatic rings. The number of rotatable bonds is 9. The van der Waals surface area contributed by atoms with Crippen LogP contribution < -0.4 is 10.6 Å². The van der Waals surface area contributed by atoms with Gasteiger partial charge < -0.3 is 20.5 Å². The Morgan fingerprint density at radius 2 is 1.67 bits per heavy atom. The molecule has 33 heavy (non-hydrogen) atoms. The zero-order valence-electron chi connectivity index (χ0n) is 18.8. The molecule has 174 valence electrons. The smallest absolute Gasteiger partial charge is 0.407 e. The molecule has 0 aliphatic heterocycles. The number of carboxylic acids is 1. The summed E-state index contributed by atoms with van der Waals surface area (Å²) in [6.45, 7) is 2.22. The molecule has 1 fully saturated rings. The highest BCUT2D eigenvalue weighted by atomic mass is 16.5. The molecule has 7 nitrogen and oxygen atoms in total. The van der Waals surface area contributed by atoms with Crippen LogP contribution in [0.25, 0.3) is 11.1 Å². The van der Waals surface area contributed by atoms with E-state index in [0.717, 1.165) is 17.5 Å². The maximum absolute atomic E-state index is 12.4. The quantitative estimate of drug-likeness (QED) is 0.534. The number of ether oxygens (including phenoxy) is 1. The van der Waals surface area contributed by atoms with E-state index in [1.165, 1.54) is 11.1 Å². The third kappa shape index (κ3) is 4.87. The van der Waals surface area contributed by atoms with Gasteiger partial charge in [-0.1, -0.05) is 55.0 Å². The van der Waals surface area contributed by atoms with Crippen molar-refractivity contribution in [2.24, 2.45) is 5.41 Å². The monoisotopic (exact) mass is 450 g/mol. The molecule has 0 bridgehead atoms. The van der Waals surface area contributed by atoms with Crippen molar-refractivity contribution in [3.63, 3.8) is 0 Å². The predicted molar refractivity (Wildman–Crippen MR) is 124 cm³/mol. The molecule has 1 atom stereocenters. The van der Waals surface area contributed by atoms with Gasteiger partial charge in [0.25, 0.3) is 0 Å². The summed E-state index contributed by atoms with van der Waals surface area (Å²) in [4.78, 5) is 35.9. The van der Waals surface area contributed by atoms with Gasteiger partial charge in [-0.3, -0.25) is 9.59 Å². The Labute approximate surface area is 193 Å². The van der Waals surface area contributed by atoms with Crippen LogP contribution in [0, 0.1) is 5.41 Å². The van der Waals surface area contributed by atoms with Gasteiger partial charge in [-0.15, -0.1) is 0 Å². The summed E-state index contributed by atoms with van der Waals surface area (Å²) in [6.07, 6.45) is 2.22. The zero-order chi connectivity index (χ0) is 23.4. The fourth-order valence-electron chi connectivity index (χ4n) is 4.69. The standard InChI is InChI=1S/C26H30N2O5/c1-17(11-12-23(29)27-16-26(24(30)31)13-6-14-26)28-25(32)33-15-22-20-9-4-2-7-18(20)19-8-3-5-10-21(19)22/h2-5,7-10,17,22H,6,11-16H2,1H3,(H,27,29)(H,28,32)(H,30,31). The second-order valence-electron chi connectivity index (χ2n) is 9.13. The summed E-state index contributed by atoms with van der Waals surface area (Å²) in [5.74, 6) is -1.06. The summed E-state index contributed by atoms with van der Waals surface area (Å²) in [5.41, 5.74) is 3.85. The molecule has 1 saturated carbocycles. The Kier molecular flexibility index (Phi) is 6.67. The van der Waals surface area contributed by atoms with E-state index in [2.05, 4.69) is 34.9 Å². The second-order valence-corrected chi connectivity index (χ2v) is 9.13. The summed E-state index contributed by atoms with van der Waals surface area (Å²) in [7, 11) is 0. The third-order valence-electron chi connectivity index (χ3n) is 6.90. The van der Waals surface area contributed by atoms with Gasteiger partial charge in [-0.05, 0) is 48.4 Å². The van der Waals surface area contributed by atoms with Gasteiger partial charge in [0.1, 0.15) is 6.61 Å². The van der Waals surface area contributed by atoms with Gasteiger partial charge in [0, 0.05) is 24.9 Å². The van der Waals surface area contributed by atoms with Crippen molar-refractivity contribution in [3.05, 3.63) is 59.7 Å². The van der Waals surface area contributed by atoms with E-state index in [-0.39, 0.29) is 37.4 Å². The number of hydrogen-bond acceptors (Lipinski definition) is 4. The van der Waals surface area contributed by atoms with E-state index in [4.69, 9.17) is 4.74 Å². The number of hydrogen-bond donors (Lipinski definition) is 3. The minimum atomic E-state index is -0.848. The number of benzene rings is 2. The Morgan fingerprint density at radius 3 is 2.21 bits per heavy atom. The van der Waals surface area contributed by atoms with Crippen molar-refractivity contribution >= 4 is 18.0 Å². The topological polar surface area (TPSA) is 105 Å². The summed E-state index contributed by atoms with van der Waals surface area (Å²) in [5, 5.41) is 14.9. The number of carbonyl (C=O) groups excluding carboxylic acids is 2. The van der Waals surface area contributed by atoms with Crippen LogP contribution in [0.1, 0.15) is 56.1 Å². The molecule has 0 saturated heterocycles. The first-order valence-corrected chi connectivity index (χ1v) is 11.5. The first kappa shape index (κ1) is 22.8. The minimum absolute atomic E-state index is 0.00250. The first-order chi connectivity index (χ1) is 15.9. The Hall–Kier alpha value is -3.35. The largest absolute Gasteiger partial charge is 0.481 e. The van der Waals surface area contributed by atoms with Crippen LogP contribution in [-0.4, -0.2) is 42.3 Å². The van der Waals surface area contributed by atoms with E-state index >= 15 is 0 Å². The molecule has 2 aromatic carbocycles. The predicted octanol–water partition coefficient (Wildman–Crippen LogP) is 4.06. The average molecular weight is 451 g/mol. The SMILES string of the molecule is CC(CCC(=O)NCC1(C(=O)O)CCC1)NC(=O)OCC1c2ccccc2-c2ccccc21. The van der Waals surface area contributed by atoms with Gasteiger partial charge in [0.05, 0.1) is 5.41 Å². The van der Waals surface area contributed by atoms with Gasteiger partial charge in [0.2, 0.25) is 5.91 Å². The van der Waals surface area contributed by atoms with Gasteiger partial charge >= 0.3 is 12.1 Å². The highest BCUT2D eigenvalue weighted by Crippen LogP contribution is 2.44. The van der Waals surface area contributed by atoms with E-state index in [0.29, 0.717) is 19.3 Å². The van der Waals surface area contributed by atoms with E-state index in [9.17, 15) is 19.5 Å². The zero-order valence-corrected chi connectivity index (χ0v) is 18.8. The highest BCUT2D eigenvalue weighted by Gasteiger charge is 2.44. The number of amides is 2. The molecule has 2 aliphatic carbocycles. The van der Waals surface area contributed by atoms with Crippen LogP contribution in [0.2, 0.25) is 0 Å². The van der Waals surface area contributed by atoms with Crippen molar-refractivity contribution in [2.75, 3.05) is 13.2 Å². The normalized spacial score (nSPS) is 16.6. The third-order valence-corrected chi connectivity index (χ3v) is 6.90. The number of carbonyl (C=O) groups is 3. The van der Waals surface area contributed by atoms with Crippen LogP contribution in [-0.2, 0) is 14.3 Å². The Bertz CT molecular complexity index is 1000. The second kappa shape index (κ2) is 9.65. The average Bonchev–Trinajstić information content (AvgIpc) is 3.09. The van der Waals surface area contributed by atoms with Crippen LogP contribution in [0.3, 0.4) is 0 Å². The van der Waals surface area contributed by atoms with Gasteiger partial charge in [-0.25, -0.2) is 4.79 Å². The highest BCUT2D eigenvalue weighted by molar-refractivity contribution is 5.80. The minimum Gasteiger partial charge on any atom is -0.481 e. The van der Waals surface area contributed by atoms with Gasteiger partial charge in [0.15, 0.2) is 0 Å². The van der Waals surface area contributed by atoms with Crippen LogP contribution >= 0.6 is 0 Å². The van der Waals surface area contributed by atoms with Crippen molar-refractivity contribution in [1.82, 2.24) is 10.6 Å². The van der Waals surface area contributed by atoms with E-state index < -0.39 is 17.5 Å². The lowest BCUT2D eigenvalue weighted by Crippen LogP contribution is -2.47. The molecule has 0 heterocycles. The maximum Gasteiger partial charge on any atom is 0.407 e. The fourth-order valence-corrected chi connectivity index (χ4v) is 4.69. The Balaban J connectivity index is 1.22. The molecule has 0 aromatic heterocycles. The lowest BCUT2D eigenvalue weighted by atomic mass is 9.69. The van der Waals surface area contributed by atoms with Crippen molar-refractivity contribution in [3.8, 4) is 11.1 Å². The fraction of sp³-hybridized carbons (Fsp3) is 0.423. The number of fused-ring (bicyclic) bond motifs is 3. The van der Waals surface area contributed by atoms with Crippen molar-refractivity contribution in [2.45, 2.75) is 51.0 Å². The van der Waals surface area contributed by atoms with Crippen LogP contribution in [0.15, 0.2) is 48.5 Å². The molecule has 0 spiro atoms. The lowest BCUT2D eigenvalue weighted by molar-refractivity contribution is -0.154. The van der Waals surface area contributed by atoms with E-state index in [1.54, 1.807) is 0 Å². The van der Waals surface area contributed by atoms with Crippen molar-refractivity contribution in [1.29, 1.82) is 0 Å². The molecule has 2 aromatic rings. The van der Waals surface area contributed by atoms with E-state index in [1.807, 2.05) is 31.2 Å². The van der Waals surface area contributed by atoms with Gasteiger partial charge in [-0.2, -0.15) is 0 Å².